The molecule has 0 saturated carbocycles. The number of aryl methyl sites for hydroxylation is 1. The molecule has 2 heterocycles. The first-order valence-corrected chi connectivity index (χ1v) is 7.87. The van der Waals surface area contributed by atoms with Gasteiger partial charge in [-0.15, -0.1) is 11.3 Å². The Hall–Kier alpha value is -1.67. The zero-order valence-electron chi connectivity index (χ0n) is 12.3. The number of hydrogen-bond acceptors (Lipinski definition) is 6. The molecule has 1 fully saturated rings. The van der Waals surface area contributed by atoms with Crippen molar-refractivity contribution in [3.63, 3.8) is 0 Å². The van der Waals surface area contributed by atoms with E-state index in [1.165, 1.54) is 0 Å². The van der Waals surface area contributed by atoms with Crippen molar-refractivity contribution in [2.24, 2.45) is 5.73 Å². The van der Waals surface area contributed by atoms with Crippen LogP contribution in [-0.4, -0.2) is 54.0 Å². The Balaban J connectivity index is 1.94. The van der Waals surface area contributed by atoms with Crippen molar-refractivity contribution in [2.45, 2.75) is 26.3 Å². The maximum atomic E-state index is 11.8. The van der Waals surface area contributed by atoms with Gasteiger partial charge in [0.05, 0.1) is 11.7 Å². The van der Waals surface area contributed by atoms with E-state index in [1.807, 2.05) is 12.3 Å². The SMILES string of the molecule is Cc1csc(N2CCCN([C@@H](C)C(=O)NC(N)=O)CC2)n1. The molecule has 7 nitrogen and oxygen atoms in total. The van der Waals surface area contributed by atoms with Crippen LogP contribution in [0.5, 0.6) is 0 Å². The van der Waals surface area contributed by atoms with Crippen molar-refractivity contribution in [1.29, 1.82) is 0 Å². The molecule has 3 amide bonds. The van der Waals surface area contributed by atoms with E-state index in [1.54, 1.807) is 18.3 Å². The molecule has 2 rings (SSSR count). The van der Waals surface area contributed by atoms with Crippen molar-refractivity contribution in [3.8, 4) is 0 Å². The molecule has 3 N–H and O–H groups in total. The van der Waals surface area contributed by atoms with Crippen LogP contribution < -0.4 is 16.0 Å². The maximum absolute atomic E-state index is 11.8. The lowest BCUT2D eigenvalue weighted by Crippen LogP contribution is -2.49. The number of nitrogens with zero attached hydrogens (tertiary/aromatic N) is 3. The molecule has 1 aliphatic rings. The van der Waals surface area contributed by atoms with E-state index in [4.69, 9.17) is 5.73 Å². The second-order valence-electron chi connectivity index (χ2n) is 5.18. The van der Waals surface area contributed by atoms with Gasteiger partial charge in [0.25, 0.3) is 0 Å². The normalized spacial score (nSPS) is 18.1. The lowest BCUT2D eigenvalue weighted by atomic mass is 10.2. The minimum atomic E-state index is -0.804. The summed E-state index contributed by atoms with van der Waals surface area (Å²) in [6, 6.07) is -1.17. The summed E-state index contributed by atoms with van der Waals surface area (Å²) in [7, 11) is 0. The van der Waals surface area contributed by atoms with E-state index in [0.29, 0.717) is 0 Å². The molecule has 1 saturated heterocycles. The second-order valence-corrected chi connectivity index (χ2v) is 6.01. The number of thiazole rings is 1. The Morgan fingerprint density at radius 2 is 2.14 bits per heavy atom. The average Bonchev–Trinajstić information content (AvgIpc) is 2.72. The Kier molecular flexibility index (Phi) is 5.13. The van der Waals surface area contributed by atoms with Crippen LogP contribution in [-0.2, 0) is 4.79 Å². The lowest BCUT2D eigenvalue weighted by Gasteiger charge is -2.26. The van der Waals surface area contributed by atoms with Gasteiger partial charge in [-0.1, -0.05) is 0 Å². The predicted octanol–water partition coefficient (Wildman–Crippen LogP) is 0.547. The number of primary amides is 1. The smallest absolute Gasteiger partial charge is 0.318 e. The number of carbonyl (C=O) groups is 2. The number of urea groups is 1. The van der Waals surface area contributed by atoms with Crippen LogP contribution in [0.3, 0.4) is 0 Å². The van der Waals surface area contributed by atoms with Crippen LogP contribution in [0.15, 0.2) is 5.38 Å². The fraction of sp³-hybridized carbons (Fsp3) is 0.615. The van der Waals surface area contributed by atoms with E-state index in [9.17, 15) is 9.59 Å². The summed E-state index contributed by atoms with van der Waals surface area (Å²) in [5, 5.41) is 5.21. The molecular formula is C13H21N5O2S. The molecule has 0 spiro atoms. The quantitative estimate of drug-likeness (QED) is 0.850. The van der Waals surface area contributed by atoms with Gasteiger partial charge in [0.2, 0.25) is 5.91 Å². The molecular weight excluding hydrogens is 290 g/mol. The summed E-state index contributed by atoms with van der Waals surface area (Å²) in [5.74, 6) is -0.346. The molecule has 0 aromatic carbocycles. The van der Waals surface area contributed by atoms with Crippen LogP contribution >= 0.6 is 11.3 Å². The molecule has 1 aromatic heterocycles. The van der Waals surface area contributed by atoms with E-state index >= 15 is 0 Å². The Labute approximate surface area is 128 Å². The molecule has 0 bridgehead atoms. The van der Waals surface area contributed by atoms with Gasteiger partial charge < -0.3 is 10.6 Å². The van der Waals surface area contributed by atoms with Crippen LogP contribution in [0.4, 0.5) is 9.93 Å². The number of imide groups is 1. The van der Waals surface area contributed by atoms with Gasteiger partial charge in [-0.3, -0.25) is 15.0 Å². The molecule has 0 aliphatic carbocycles. The first kappa shape index (κ1) is 15.7. The topological polar surface area (TPSA) is 91.6 Å². The second kappa shape index (κ2) is 6.86. The van der Waals surface area contributed by atoms with E-state index in [0.717, 1.165) is 43.4 Å². The number of nitrogens with one attached hydrogen (secondary N) is 1. The van der Waals surface area contributed by atoms with E-state index in [-0.39, 0.29) is 11.9 Å². The molecule has 8 heteroatoms. The number of nitrogens with two attached hydrogens (primary N) is 1. The van der Waals surface area contributed by atoms with Gasteiger partial charge in [0, 0.05) is 31.6 Å². The Morgan fingerprint density at radius 1 is 1.38 bits per heavy atom. The third-order valence-corrected chi connectivity index (χ3v) is 4.60. The Bertz CT molecular complexity index is 518. The lowest BCUT2D eigenvalue weighted by molar-refractivity contribution is -0.124. The first-order valence-electron chi connectivity index (χ1n) is 6.99. The zero-order chi connectivity index (χ0) is 15.4. The van der Waals surface area contributed by atoms with Crippen LogP contribution in [0.2, 0.25) is 0 Å². The van der Waals surface area contributed by atoms with E-state index < -0.39 is 6.03 Å². The number of rotatable bonds is 3. The monoisotopic (exact) mass is 311 g/mol. The van der Waals surface area contributed by atoms with Crippen LogP contribution in [0.1, 0.15) is 19.0 Å². The highest BCUT2D eigenvalue weighted by molar-refractivity contribution is 7.13. The molecule has 116 valence electrons. The molecule has 0 unspecified atom stereocenters. The van der Waals surface area contributed by atoms with Gasteiger partial charge in [0.15, 0.2) is 5.13 Å². The first-order chi connectivity index (χ1) is 9.97. The van der Waals surface area contributed by atoms with Crippen molar-refractivity contribution >= 4 is 28.4 Å². The molecule has 21 heavy (non-hydrogen) atoms. The summed E-state index contributed by atoms with van der Waals surface area (Å²) < 4.78 is 0. The zero-order valence-corrected chi connectivity index (χ0v) is 13.2. The fourth-order valence-corrected chi connectivity index (χ4v) is 3.25. The van der Waals surface area contributed by atoms with Crippen LogP contribution in [0.25, 0.3) is 0 Å². The number of hydrogen-bond donors (Lipinski definition) is 2. The van der Waals surface area contributed by atoms with E-state index in [2.05, 4.69) is 20.1 Å². The van der Waals surface area contributed by atoms with Crippen molar-refractivity contribution in [1.82, 2.24) is 15.2 Å². The molecule has 0 radical (unpaired) electrons. The fourth-order valence-electron chi connectivity index (χ4n) is 2.39. The van der Waals surface area contributed by atoms with Gasteiger partial charge in [-0.05, 0) is 20.3 Å². The summed E-state index contributed by atoms with van der Waals surface area (Å²) in [6.07, 6.45) is 0.951. The van der Waals surface area contributed by atoms with Crippen molar-refractivity contribution in [2.75, 3.05) is 31.1 Å². The summed E-state index contributed by atoms with van der Waals surface area (Å²) in [5.41, 5.74) is 6.02. The largest absolute Gasteiger partial charge is 0.351 e. The van der Waals surface area contributed by atoms with Gasteiger partial charge in [-0.25, -0.2) is 9.78 Å². The van der Waals surface area contributed by atoms with Gasteiger partial charge in [-0.2, -0.15) is 0 Å². The maximum Gasteiger partial charge on any atom is 0.318 e. The van der Waals surface area contributed by atoms with Gasteiger partial charge in [0.1, 0.15) is 0 Å². The molecule has 1 aromatic rings. The third-order valence-electron chi connectivity index (χ3n) is 3.58. The number of amides is 3. The molecule has 1 aliphatic heterocycles. The summed E-state index contributed by atoms with van der Waals surface area (Å²) >= 11 is 1.65. The highest BCUT2D eigenvalue weighted by Gasteiger charge is 2.25. The summed E-state index contributed by atoms with van der Waals surface area (Å²) in [6.45, 7) is 7.09. The standard InChI is InChI=1S/C13H21N5O2S/c1-9-8-21-13(15-9)18-5-3-4-17(6-7-18)10(2)11(19)16-12(14)20/h8,10H,3-7H2,1-2H3,(H3,14,16,19,20)/t10-/m0/s1. The minimum Gasteiger partial charge on any atom is -0.351 e. The van der Waals surface area contributed by atoms with Gasteiger partial charge >= 0.3 is 6.03 Å². The minimum absolute atomic E-state index is 0.346. The number of aromatic nitrogens is 1. The summed E-state index contributed by atoms with van der Waals surface area (Å²) in [4.78, 5) is 31.4. The Morgan fingerprint density at radius 3 is 2.76 bits per heavy atom. The van der Waals surface area contributed by atoms with Crippen molar-refractivity contribution < 1.29 is 9.59 Å². The number of carbonyl (C=O) groups excluding carboxylic acids is 2. The average molecular weight is 311 g/mol. The highest BCUT2D eigenvalue weighted by atomic mass is 32.1. The predicted molar refractivity (Wildman–Crippen MR) is 82.4 cm³/mol. The van der Waals surface area contributed by atoms with Crippen molar-refractivity contribution in [3.05, 3.63) is 11.1 Å². The highest BCUT2D eigenvalue weighted by Crippen LogP contribution is 2.21. The van der Waals surface area contributed by atoms with Crippen LogP contribution in [0, 0.1) is 6.92 Å². The number of anilines is 1. The molecule has 1 atom stereocenters. The third kappa shape index (κ3) is 4.15.